The summed E-state index contributed by atoms with van der Waals surface area (Å²) in [7, 11) is 1.47. The number of pyridine rings is 3. The van der Waals surface area contributed by atoms with Crippen LogP contribution in [0, 0.1) is 4.91 Å². The Kier molecular flexibility index (Phi) is 23.0. The van der Waals surface area contributed by atoms with E-state index in [2.05, 4.69) is 84.9 Å². The van der Waals surface area contributed by atoms with Gasteiger partial charge >= 0.3 is 0 Å². The molecule has 0 N–H and O–H groups in total. The highest BCUT2D eigenvalue weighted by Crippen LogP contribution is 2.43. The van der Waals surface area contributed by atoms with Crippen LogP contribution in [0.4, 0.5) is 5.69 Å². The number of carbonyl (C=O) groups excluding carboxylic acids is 3. The van der Waals surface area contributed by atoms with Crippen LogP contribution in [-0.4, -0.2) is 98.4 Å². The summed E-state index contributed by atoms with van der Waals surface area (Å²) in [6.45, 7) is 6.70. The van der Waals surface area contributed by atoms with E-state index in [4.69, 9.17) is 54.5 Å². The van der Waals surface area contributed by atoms with Gasteiger partial charge in [0, 0.05) is 117 Å². The van der Waals surface area contributed by atoms with Crippen molar-refractivity contribution in [2.24, 2.45) is 0 Å². The van der Waals surface area contributed by atoms with Crippen LogP contribution in [-0.2, 0) is 72.4 Å². The topological polar surface area (TPSA) is 129 Å². The summed E-state index contributed by atoms with van der Waals surface area (Å²) in [4.78, 5) is 71.8. The van der Waals surface area contributed by atoms with Gasteiger partial charge in [-0.3, -0.25) is 29.3 Å². The number of likely N-dealkylation sites (tertiary alicyclic amines) is 3. The monoisotopic (exact) mass is 1500 g/mol. The maximum atomic E-state index is 13.4. The minimum Gasteiger partial charge on any atom is -0.489 e. The Balaban J connectivity index is 0.000000130. The minimum atomic E-state index is -0.252. The Morgan fingerprint density at radius 3 is 1.31 bits per heavy atom. The molecule has 3 aliphatic carbocycles. The molecule has 6 heterocycles. The standard InChI is InChI=1S/C34H31ClN2O2.C31H27ClN2O.C29H29ClN3O2/c35-29-14-15-30-27(21-29)13-12-26-10-6-18-36-34(26)33(30)25-16-19-37(20-17-25)32(38)22-28-9-4-5-11-31(28)39-23-24-7-2-1-3-8-24;32-27-11-12-28-26(20-27)10-9-24-6-3-15-33-31(24)30(28)23-13-16-34(17-14-23)29(35)19-21-7-8-22-4-1-2-5-25(22)18-21;1-19(20-7-10-25(11-8-20)32(2)35)29(34)33-16-13-21(14-17-33)27-26-12-9-24(30)18-23(26)6-5-22-4-3-15-31-28(22)27/h1-11,14-15,18,21H,12-13,16-17,19-20,22-23H2;1-8,11-12,15,18,20H,9-10,13-14,16-17,19H2;3-4,7-12,15,18-19H,5-6,13-14,16-17H2,1-2H3/q;;+1. The normalized spacial score (nSPS) is 15.5. The fourth-order valence-corrected chi connectivity index (χ4v) is 17.1. The number of carbonyl (C=O) groups is 3. The minimum absolute atomic E-state index is 0.129. The predicted molar refractivity (Wildman–Crippen MR) is 437 cm³/mol. The lowest BCUT2D eigenvalue weighted by Gasteiger charge is -2.32. The van der Waals surface area contributed by atoms with Gasteiger partial charge in [0.25, 0.3) is 5.69 Å². The molecule has 3 saturated heterocycles. The van der Waals surface area contributed by atoms with Crippen LogP contribution in [0.3, 0.4) is 0 Å². The number of ether oxygens (including phenoxy) is 1. The molecule has 109 heavy (non-hydrogen) atoms. The van der Waals surface area contributed by atoms with E-state index in [0.29, 0.717) is 51.3 Å². The van der Waals surface area contributed by atoms with Gasteiger partial charge in [0.1, 0.15) is 12.4 Å². The molecule has 0 bridgehead atoms. The van der Waals surface area contributed by atoms with Gasteiger partial charge in [0.15, 0.2) is 7.05 Å². The molecule has 3 aromatic heterocycles. The first kappa shape index (κ1) is 73.9. The molecule has 6 aliphatic rings. The molecule has 11 aromatic rings. The summed E-state index contributed by atoms with van der Waals surface area (Å²) >= 11 is 19.1. The molecule has 8 aromatic carbocycles. The SMILES string of the molecule is CC(C(=O)N1CCC(=C2c3ccc(Cl)cc3CCc3cccnc32)CC1)c1ccc([N+](C)=O)cc1.O=C(Cc1ccc2ccccc2c1)N1CCC(=C2c3ccc(Cl)cc3CCc3cccnc32)CC1.O=C(Cc1ccccc1OCc1ccccc1)N1CCC(=C2c3ccc(Cl)cc3CCc3cccnc32)CC1. The number of nitrogens with zero attached hydrogens (tertiary/aromatic N) is 7. The zero-order chi connectivity index (χ0) is 74.9. The van der Waals surface area contributed by atoms with Crippen LogP contribution >= 0.6 is 34.8 Å². The van der Waals surface area contributed by atoms with Crippen molar-refractivity contribution in [2.45, 2.75) is 109 Å². The second kappa shape index (κ2) is 33.9. The highest BCUT2D eigenvalue weighted by atomic mass is 35.5. The Morgan fingerprint density at radius 2 is 0.835 bits per heavy atom. The average Bonchev–Trinajstić information content (AvgIpc) is 1.70. The van der Waals surface area contributed by atoms with E-state index in [-0.39, 0.29) is 23.6 Å². The number of hydrogen-bond acceptors (Lipinski definition) is 8. The smallest absolute Gasteiger partial charge is 0.255 e. The van der Waals surface area contributed by atoms with Crippen molar-refractivity contribution < 1.29 is 23.9 Å². The van der Waals surface area contributed by atoms with Gasteiger partial charge in [-0.2, -0.15) is 0 Å². The van der Waals surface area contributed by atoms with Gasteiger partial charge in [0.05, 0.1) is 35.8 Å². The van der Waals surface area contributed by atoms with E-state index in [1.54, 1.807) is 12.1 Å². The molecule has 0 spiro atoms. The summed E-state index contributed by atoms with van der Waals surface area (Å²) in [5, 5.41) is 4.70. The highest BCUT2D eigenvalue weighted by Gasteiger charge is 2.32. The number of para-hydroxylation sites is 1. The predicted octanol–water partition coefficient (Wildman–Crippen LogP) is 19.8. The number of fused-ring (bicyclic) bond motifs is 7. The molecular weight excluding hydrogens is 1410 g/mol. The number of nitroso groups, excluding NO2 is 1. The first-order chi connectivity index (χ1) is 53.2. The van der Waals surface area contributed by atoms with Gasteiger partial charge < -0.3 is 19.4 Å². The molecule has 3 aliphatic heterocycles. The maximum absolute atomic E-state index is 13.4. The maximum Gasteiger partial charge on any atom is 0.255 e. The number of aryl methyl sites for hydroxylation is 6. The fourth-order valence-electron chi connectivity index (χ4n) is 16.5. The number of halogens is 3. The number of rotatable bonds is 10. The lowest BCUT2D eigenvalue weighted by atomic mass is 9.88. The molecule has 0 radical (unpaired) electrons. The van der Waals surface area contributed by atoms with Crippen molar-refractivity contribution in [2.75, 3.05) is 46.3 Å². The molecule has 0 saturated carbocycles. The molecular formula is C94H87Cl3N7O5+. The largest absolute Gasteiger partial charge is 0.489 e. The summed E-state index contributed by atoms with van der Waals surface area (Å²) in [5.74, 6) is 0.991. The number of benzene rings is 8. The van der Waals surface area contributed by atoms with Crippen LogP contribution in [0.5, 0.6) is 5.75 Å². The van der Waals surface area contributed by atoms with Crippen molar-refractivity contribution >= 4 is 85.7 Å². The summed E-state index contributed by atoms with van der Waals surface area (Å²) in [6, 6.07) is 71.1. The van der Waals surface area contributed by atoms with Crippen molar-refractivity contribution in [3.63, 3.8) is 0 Å². The quantitative estimate of drug-likeness (QED) is 0.124. The molecule has 3 fully saturated rings. The van der Waals surface area contributed by atoms with Gasteiger partial charge in [-0.1, -0.05) is 191 Å². The van der Waals surface area contributed by atoms with Crippen LogP contribution in [0.2, 0.25) is 15.1 Å². The van der Waals surface area contributed by atoms with E-state index >= 15 is 0 Å². The van der Waals surface area contributed by atoms with Crippen LogP contribution < -0.4 is 4.74 Å². The third-order valence-corrected chi connectivity index (χ3v) is 23.1. The van der Waals surface area contributed by atoms with Crippen molar-refractivity contribution in [1.82, 2.24) is 29.7 Å². The number of hydrogen-bond donors (Lipinski definition) is 0. The zero-order valence-corrected chi connectivity index (χ0v) is 63.9. The molecule has 3 amide bonds. The van der Waals surface area contributed by atoms with Crippen molar-refractivity contribution in [3.05, 3.63) is 357 Å². The van der Waals surface area contributed by atoms with Crippen LogP contribution in [0.25, 0.3) is 27.5 Å². The molecule has 1 atom stereocenters. The summed E-state index contributed by atoms with van der Waals surface area (Å²) < 4.78 is 6.92. The van der Waals surface area contributed by atoms with Gasteiger partial charge in [0.2, 0.25) is 17.7 Å². The highest BCUT2D eigenvalue weighted by molar-refractivity contribution is 6.31. The Bertz CT molecular complexity index is 5350. The van der Waals surface area contributed by atoms with Crippen LogP contribution in [0.15, 0.2) is 248 Å². The van der Waals surface area contributed by atoms with E-state index in [9.17, 15) is 19.3 Å². The zero-order valence-electron chi connectivity index (χ0n) is 61.7. The first-order valence-electron chi connectivity index (χ1n) is 38.2. The Hall–Kier alpha value is -10.6. The van der Waals surface area contributed by atoms with E-state index in [1.165, 1.54) is 101 Å². The third-order valence-electron chi connectivity index (χ3n) is 22.4. The third kappa shape index (κ3) is 17.0. The Morgan fingerprint density at radius 1 is 0.413 bits per heavy atom. The van der Waals surface area contributed by atoms with Gasteiger partial charge in [-0.15, -0.1) is 0 Å². The molecule has 15 heteroatoms. The second-order valence-electron chi connectivity index (χ2n) is 29.2. The van der Waals surface area contributed by atoms with E-state index < -0.39 is 0 Å². The molecule has 1 unspecified atom stereocenters. The average molecular weight is 1500 g/mol. The van der Waals surface area contributed by atoms with Gasteiger partial charge in [-0.05, 0) is 222 Å². The molecule has 12 nitrogen and oxygen atoms in total. The fraction of sp³-hybridized carbons (Fsp3) is 0.255. The van der Waals surface area contributed by atoms with Gasteiger partial charge in [-0.25, -0.2) is 0 Å². The van der Waals surface area contributed by atoms with Crippen LogP contribution in [0.1, 0.15) is 141 Å². The number of aromatic nitrogens is 3. The number of piperidine rings is 3. The lowest BCUT2D eigenvalue weighted by Crippen LogP contribution is -2.39. The van der Waals surface area contributed by atoms with E-state index in [1.807, 2.05) is 155 Å². The Labute approximate surface area is 653 Å². The number of amides is 3. The molecule has 548 valence electrons. The van der Waals surface area contributed by atoms with Crippen molar-refractivity contribution in [1.29, 1.82) is 0 Å². The van der Waals surface area contributed by atoms with E-state index in [0.717, 1.165) is 155 Å². The van der Waals surface area contributed by atoms with Crippen molar-refractivity contribution in [3.8, 4) is 5.75 Å². The lowest BCUT2D eigenvalue weighted by molar-refractivity contribution is -0.428. The second-order valence-corrected chi connectivity index (χ2v) is 30.5. The summed E-state index contributed by atoms with van der Waals surface area (Å²) in [6.07, 6.45) is 17.2. The first-order valence-corrected chi connectivity index (χ1v) is 39.3. The summed E-state index contributed by atoms with van der Waals surface area (Å²) in [5.41, 5.74) is 27.1. The molecule has 17 rings (SSSR count).